The van der Waals surface area contributed by atoms with Crippen LogP contribution in [0.3, 0.4) is 0 Å². The van der Waals surface area contributed by atoms with Crippen LogP contribution in [0.4, 0.5) is 10.1 Å². The van der Waals surface area contributed by atoms with Crippen molar-refractivity contribution in [3.05, 3.63) is 72.8 Å². The van der Waals surface area contributed by atoms with E-state index in [2.05, 4.69) is 4.98 Å². The zero-order chi connectivity index (χ0) is 19.2. The van der Waals surface area contributed by atoms with Gasteiger partial charge in [-0.05, 0) is 35.9 Å². The van der Waals surface area contributed by atoms with Crippen LogP contribution in [0.1, 0.15) is 0 Å². The van der Waals surface area contributed by atoms with E-state index in [1.54, 1.807) is 31.6 Å². The van der Waals surface area contributed by atoms with Crippen LogP contribution in [0.2, 0.25) is 0 Å². The summed E-state index contributed by atoms with van der Waals surface area (Å²) in [6, 6.07) is 15.2. The third-order valence-electron chi connectivity index (χ3n) is 4.07. The van der Waals surface area contributed by atoms with Gasteiger partial charge in [0.2, 0.25) is 0 Å². The minimum atomic E-state index is -0.467. The molecule has 3 rings (SSSR count). The van der Waals surface area contributed by atoms with Crippen LogP contribution in [0.15, 0.2) is 67.0 Å². The summed E-state index contributed by atoms with van der Waals surface area (Å²) in [5, 5.41) is 0. The molecule has 138 valence electrons. The third-order valence-corrected chi connectivity index (χ3v) is 4.07. The molecule has 2 aromatic carbocycles. The maximum absolute atomic E-state index is 14.1. The molecule has 0 atom stereocenters. The van der Waals surface area contributed by atoms with E-state index < -0.39 is 5.82 Å². The number of anilines is 1. The number of nitrogens with zero attached hydrogens (tertiary/aromatic N) is 2. The van der Waals surface area contributed by atoms with E-state index >= 15 is 0 Å². The molecule has 0 radical (unpaired) electrons. The molecule has 1 amide bonds. The first-order chi connectivity index (χ1) is 13.1. The van der Waals surface area contributed by atoms with Crippen LogP contribution in [-0.4, -0.2) is 31.7 Å². The van der Waals surface area contributed by atoms with E-state index in [9.17, 15) is 9.18 Å². The highest BCUT2D eigenvalue weighted by Crippen LogP contribution is 2.32. The van der Waals surface area contributed by atoms with Crippen molar-refractivity contribution < 1.29 is 18.7 Å². The Bertz CT molecular complexity index is 932. The second-order valence-corrected chi connectivity index (χ2v) is 5.83. The number of benzene rings is 2. The molecule has 0 fully saturated rings. The van der Waals surface area contributed by atoms with Gasteiger partial charge in [0.15, 0.2) is 6.61 Å². The number of para-hydroxylation sites is 1. The van der Waals surface area contributed by atoms with Crippen molar-refractivity contribution in [2.75, 3.05) is 25.7 Å². The quantitative estimate of drug-likeness (QED) is 0.663. The molecular weight excluding hydrogens is 347 g/mol. The van der Waals surface area contributed by atoms with Crippen LogP contribution >= 0.6 is 0 Å². The van der Waals surface area contributed by atoms with Gasteiger partial charge in [-0.2, -0.15) is 0 Å². The van der Waals surface area contributed by atoms with Gasteiger partial charge in [-0.25, -0.2) is 4.39 Å². The fourth-order valence-electron chi connectivity index (χ4n) is 2.62. The van der Waals surface area contributed by atoms with E-state index in [1.807, 2.05) is 30.3 Å². The lowest BCUT2D eigenvalue weighted by atomic mass is 10.1. The Balaban J connectivity index is 1.76. The minimum absolute atomic E-state index is 0.207. The second kappa shape index (κ2) is 8.31. The number of rotatable bonds is 6. The molecule has 0 spiro atoms. The lowest BCUT2D eigenvalue weighted by Crippen LogP contribution is -2.31. The van der Waals surface area contributed by atoms with Crippen molar-refractivity contribution in [2.45, 2.75) is 0 Å². The normalized spacial score (nSPS) is 10.3. The van der Waals surface area contributed by atoms with Crippen molar-refractivity contribution >= 4 is 11.6 Å². The van der Waals surface area contributed by atoms with Crippen LogP contribution < -0.4 is 14.4 Å². The van der Waals surface area contributed by atoms with E-state index in [1.165, 1.54) is 24.1 Å². The summed E-state index contributed by atoms with van der Waals surface area (Å²) in [5.41, 5.74) is 2.02. The Hall–Kier alpha value is -3.41. The van der Waals surface area contributed by atoms with Gasteiger partial charge in [0.1, 0.15) is 17.3 Å². The SMILES string of the molecule is COc1cnccc1-c1cc(F)cc(OCC(=O)N(C)c2ccccc2)c1. The van der Waals surface area contributed by atoms with Gasteiger partial charge in [0.05, 0.1) is 13.3 Å². The summed E-state index contributed by atoms with van der Waals surface area (Å²) in [6.45, 7) is -0.207. The predicted octanol–water partition coefficient (Wildman–Crippen LogP) is 3.94. The molecule has 27 heavy (non-hydrogen) atoms. The Morgan fingerprint density at radius 2 is 1.93 bits per heavy atom. The number of carbonyl (C=O) groups excluding carboxylic acids is 1. The monoisotopic (exact) mass is 366 g/mol. The van der Waals surface area contributed by atoms with Crippen molar-refractivity contribution in [2.24, 2.45) is 0 Å². The fraction of sp³-hybridized carbons (Fsp3) is 0.143. The smallest absolute Gasteiger partial charge is 0.264 e. The predicted molar refractivity (Wildman–Crippen MR) is 102 cm³/mol. The van der Waals surface area contributed by atoms with Crippen LogP contribution in [0.25, 0.3) is 11.1 Å². The van der Waals surface area contributed by atoms with E-state index in [0.29, 0.717) is 16.9 Å². The maximum Gasteiger partial charge on any atom is 0.264 e. The Labute approximate surface area is 157 Å². The molecule has 0 aliphatic carbocycles. The molecule has 0 aliphatic heterocycles. The van der Waals surface area contributed by atoms with E-state index in [0.717, 1.165) is 5.69 Å². The zero-order valence-corrected chi connectivity index (χ0v) is 15.1. The topological polar surface area (TPSA) is 51.7 Å². The number of carbonyl (C=O) groups is 1. The first-order valence-corrected chi connectivity index (χ1v) is 8.32. The Morgan fingerprint density at radius 1 is 1.15 bits per heavy atom. The average molecular weight is 366 g/mol. The molecule has 6 heteroatoms. The minimum Gasteiger partial charge on any atom is -0.494 e. The molecule has 5 nitrogen and oxygen atoms in total. The third kappa shape index (κ3) is 4.41. The number of pyridine rings is 1. The average Bonchev–Trinajstić information content (AvgIpc) is 2.71. The summed E-state index contributed by atoms with van der Waals surface area (Å²) in [4.78, 5) is 17.8. The molecule has 0 N–H and O–H groups in total. The summed E-state index contributed by atoms with van der Waals surface area (Å²) in [5.74, 6) is 0.0753. The molecule has 0 saturated carbocycles. The standard InChI is InChI=1S/C21H19FN2O3/c1-24(17-6-4-3-5-7-17)21(25)14-27-18-11-15(10-16(22)12-18)19-8-9-23-13-20(19)26-2/h3-13H,14H2,1-2H3. The number of methoxy groups -OCH3 is 1. The molecular formula is C21H19FN2O3. The highest BCUT2D eigenvalue weighted by molar-refractivity contribution is 5.93. The van der Waals surface area contributed by atoms with Crippen LogP contribution in [0, 0.1) is 5.82 Å². The number of hydrogen-bond donors (Lipinski definition) is 0. The van der Waals surface area contributed by atoms with Crippen LogP contribution in [-0.2, 0) is 4.79 Å². The highest BCUT2D eigenvalue weighted by atomic mass is 19.1. The molecule has 1 aromatic heterocycles. The highest BCUT2D eigenvalue weighted by Gasteiger charge is 2.13. The molecule has 0 aliphatic rings. The lowest BCUT2D eigenvalue weighted by Gasteiger charge is -2.17. The van der Waals surface area contributed by atoms with Gasteiger partial charge in [-0.15, -0.1) is 0 Å². The molecule has 0 unspecified atom stereocenters. The number of likely N-dealkylation sites (N-methyl/N-ethyl adjacent to an activating group) is 1. The summed E-state index contributed by atoms with van der Waals surface area (Å²) >= 11 is 0. The van der Waals surface area contributed by atoms with E-state index in [4.69, 9.17) is 9.47 Å². The van der Waals surface area contributed by atoms with Crippen molar-refractivity contribution in [1.29, 1.82) is 0 Å². The van der Waals surface area contributed by atoms with Crippen molar-refractivity contribution in [3.63, 3.8) is 0 Å². The van der Waals surface area contributed by atoms with Crippen LogP contribution in [0.5, 0.6) is 11.5 Å². The van der Waals surface area contributed by atoms with Gasteiger partial charge >= 0.3 is 0 Å². The largest absolute Gasteiger partial charge is 0.494 e. The van der Waals surface area contributed by atoms with Gasteiger partial charge < -0.3 is 14.4 Å². The van der Waals surface area contributed by atoms with Gasteiger partial charge in [0, 0.05) is 30.6 Å². The summed E-state index contributed by atoms with van der Waals surface area (Å²) in [6.07, 6.45) is 3.15. The fourth-order valence-corrected chi connectivity index (χ4v) is 2.62. The van der Waals surface area contributed by atoms with Crippen molar-refractivity contribution in [1.82, 2.24) is 4.98 Å². The van der Waals surface area contributed by atoms with Gasteiger partial charge in [-0.3, -0.25) is 9.78 Å². The zero-order valence-electron chi connectivity index (χ0n) is 15.1. The maximum atomic E-state index is 14.1. The summed E-state index contributed by atoms with van der Waals surface area (Å²) in [7, 11) is 3.19. The number of aromatic nitrogens is 1. The lowest BCUT2D eigenvalue weighted by molar-refractivity contribution is -0.120. The Kier molecular flexibility index (Phi) is 5.66. The van der Waals surface area contributed by atoms with Gasteiger partial charge in [-0.1, -0.05) is 18.2 Å². The molecule has 3 aromatic rings. The van der Waals surface area contributed by atoms with Crippen molar-refractivity contribution in [3.8, 4) is 22.6 Å². The number of halogens is 1. The second-order valence-electron chi connectivity index (χ2n) is 5.83. The number of amides is 1. The summed E-state index contributed by atoms with van der Waals surface area (Å²) < 4.78 is 24.9. The first-order valence-electron chi connectivity index (χ1n) is 8.32. The van der Waals surface area contributed by atoms with E-state index in [-0.39, 0.29) is 18.3 Å². The molecule has 1 heterocycles. The first kappa shape index (κ1) is 18.4. The van der Waals surface area contributed by atoms with Gasteiger partial charge in [0.25, 0.3) is 5.91 Å². The molecule has 0 bridgehead atoms. The number of hydrogen-bond acceptors (Lipinski definition) is 4. The number of ether oxygens (including phenoxy) is 2. The Morgan fingerprint density at radius 3 is 2.67 bits per heavy atom. The molecule has 0 saturated heterocycles.